The van der Waals surface area contributed by atoms with Crippen LogP contribution in [-0.4, -0.2) is 27.8 Å². The lowest BCUT2D eigenvalue weighted by Crippen LogP contribution is -2.65. The van der Waals surface area contributed by atoms with E-state index >= 15 is 0 Å². The van der Waals surface area contributed by atoms with Crippen molar-refractivity contribution in [2.45, 2.75) is 119 Å². The highest BCUT2D eigenvalue weighted by molar-refractivity contribution is 5.76. The van der Waals surface area contributed by atoms with E-state index in [0.717, 1.165) is 51.4 Å². The quantitative estimate of drug-likeness (QED) is 0.430. The molecule has 5 aliphatic rings. The van der Waals surface area contributed by atoms with Gasteiger partial charge in [-0.1, -0.05) is 60.1 Å². The van der Waals surface area contributed by atoms with Crippen LogP contribution in [0.2, 0.25) is 0 Å². The molecule has 4 unspecified atom stereocenters. The topological polar surface area (TPSA) is 89.0 Å². The summed E-state index contributed by atoms with van der Waals surface area (Å²) in [5.41, 5.74) is 1.68. The molecule has 0 aromatic rings. The minimum atomic E-state index is -0.553. The van der Waals surface area contributed by atoms with E-state index in [4.69, 9.17) is 0 Å². The number of aliphatic carboxylic acids is 1. The molecule has 4 saturated carbocycles. The number of rotatable bonds is 1. The predicted molar refractivity (Wildman–Crippen MR) is 136 cm³/mol. The lowest BCUT2D eigenvalue weighted by molar-refractivity contribution is -0.205. The van der Waals surface area contributed by atoms with Crippen LogP contribution in [0.3, 0.4) is 0 Å². The van der Waals surface area contributed by atoms with Gasteiger partial charge >= 0.3 is 5.97 Å². The van der Waals surface area contributed by atoms with Gasteiger partial charge in [0.05, 0.1) is 11.5 Å². The summed E-state index contributed by atoms with van der Waals surface area (Å²) >= 11 is 0. The van der Waals surface area contributed by atoms with Crippen molar-refractivity contribution in [1.82, 2.24) is 0 Å². The third-order valence-electron chi connectivity index (χ3n) is 13.0. The monoisotopic (exact) mass is 474 g/mol. The maximum atomic E-state index is 12.8. The highest BCUT2D eigenvalue weighted by Gasteiger charge is 2.69. The van der Waals surface area contributed by atoms with Crippen LogP contribution in [0.4, 0.5) is 0 Å². The van der Waals surface area contributed by atoms with Crippen molar-refractivity contribution in [2.24, 2.45) is 50.2 Å². The van der Waals surface area contributed by atoms with Gasteiger partial charge in [0.25, 0.3) is 0 Å². The Hall–Kier alpha value is -0.870. The van der Waals surface area contributed by atoms with E-state index in [1.165, 1.54) is 18.4 Å². The number of hydrogen-bond acceptors (Lipinski definition) is 2. The van der Waals surface area contributed by atoms with Crippen molar-refractivity contribution in [3.8, 4) is 0 Å². The molecule has 5 aliphatic carbocycles. The van der Waals surface area contributed by atoms with Gasteiger partial charge in [0, 0.05) is 0 Å². The van der Waals surface area contributed by atoms with E-state index < -0.39 is 11.4 Å². The van der Waals surface area contributed by atoms with Crippen molar-refractivity contribution < 1.29 is 20.5 Å². The molecule has 5 rings (SSSR count). The SMILES string of the molecule is CC1(C)CC[C@]2(C(=O)O)CC[C@]3(C)C(=CCC4[C@@]5(C)CCC(O)C(C)(C)C5CC[C@]43C)C2C1.O. The molecule has 0 heterocycles. The van der Waals surface area contributed by atoms with Gasteiger partial charge in [-0.3, -0.25) is 4.79 Å². The van der Waals surface area contributed by atoms with Gasteiger partial charge in [-0.15, -0.1) is 0 Å². The molecule has 0 radical (unpaired) electrons. The second-order valence-electron chi connectivity index (χ2n) is 15.1. The van der Waals surface area contributed by atoms with Gasteiger partial charge in [0.2, 0.25) is 0 Å². The average Bonchev–Trinajstić information content (AvgIpc) is 2.71. The lowest BCUT2D eigenvalue weighted by Gasteiger charge is -2.71. The Morgan fingerprint density at radius 1 is 0.882 bits per heavy atom. The summed E-state index contributed by atoms with van der Waals surface area (Å²) in [6.45, 7) is 16.9. The van der Waals surface area contributed by atoms with Crippen LogP contribution in [-0.2, 0) is 4.79 Å². The van der Waals surface area contributed by atoms with Gasteiger partial charge in [0.1, 0.15) is 0 Å². The van der Waals surface area contributed by atoms with Crippen LogP contribution < -0.4 is 0 Å². The lowest BCUT2D eigenvalue weighted by atomic mass is 9.33. The van der Waals surface area contributed by atoms with Crippen LogP contribution >= 0.6 is 0 Å². The Bertz CT molecular complexity index is 888. The number of fused-ring (bicyclic) bond motifs is 7. The van der Waals surface area contributed by atoms with E-state index in [-0.39, 0.29) is 44.6 Å². The summed E-state index contributed by atoms with van der Waals surface area (Å²) in [5.74, 6) is 0.807. The first kappa shape index (κ1) is 26.2. The number of aliphatic hydroxyl groups excluding tert-OH is 1. The normalized spacial score (nSPS) is 50.9. The molecule has 8 atom stereocenters. The number of allylic oxidation sites excluding steroid dienone is 2. The van der Waals surface area contributed by atoms with Crippen molar-refractivity contribution >= 4 is 5.97 Å². The summed E-state index contributed by atoms with van der Waals surface area (Å²) in [6, 6.07) is 0. The van der Waals surface area contributed by atoms with Crippen molar-refractivity contribution in [3.63, 3.8) is 0 Å². The molecule has 0 aromatic carbocycles. The van der Waals surface area contributed by atoms with E-state index in [2.05, 4.69) is 54.5 Å². The first-order valence-electron chi connectivity index (χ1n) is 13.8. The van der Waals surface area contributed by atoms with Crippen LogP contribution in [0.25, 0.3) is 0 Å². The minimum absolute atomic E-state index is 0. The molecule has 4 heteroatoms. The van der Waals surface area contributed by atoms with Crippen LogP contribution in [0, 0.1) is 50.2 Å². The molecule has 4 N–H and O–H groups in total. The molecule has 0 spiro atoms. The van der Waals surface area contributed by atoms with Crippen LogP contribution in [0.1, 0.15) is 113 Å². The Morgan fingerprint density at radius 2 is 1.53 bits per heavy atom. The van der Waals surface area contributed by atoms with E-state index in [0.29, 0.717) is 11.8 Å². The molecular formula is C30H50O4. The van der Waals surface area contributed by atoms with Crippen molar-refractivity contribution in [1.29, 1.82) is 0 Å². The van der Waals surface area contributed by atoms with E-state index in [1.807, 2.05) is 0 Å². The van der Waals surface area contributed by atoms with E-state index in [1.54, 1.807) is 0 Å². The fourth-order valence-electron chi connectivity index (χ4n) is 10.6. The number of hydrogen-bond donors (Lipinski definition) is 2. The smallest absolute Gasteiger partial charge is 0.310 e. The first-order chi connectivity index (χ1) is 15.1. The number of carboxylic acid groups (broad SMARTS) is 1. The Kier molecular flexibility index (Phi) is 5.83. The second-order valence-corrected chi connectivity index (χ2v) is 15.1. The molecule has 0 aromatic heterocycles. The second kappa shape index (κ2) is 7.57. The Balaban J connectivity index is 0.00000274. The number of carbonyl (C=O) groups is 1. The summed E-state index contributed by atoms with van der Waals surface area (Å²) in [5, 5.41) is 21.4. The summed E-state index contributed by atoms with van der Waals surface area (Å²) < 4.78 is 0. The largest absolute Gasteiger partial charge is 0.481 e. The highest BCUT2D eigenvalue weighted by atomic mass is 16.4. The standard InChI is InChI=1S/C30H48O3.H2O/c1-25(2)14-16-30(24(32)33)17-15-28(6)19(20(30)18-25)8-9-22-27(5)12-11-23(31)26(3,4)21(27)10-13-29(22,28)7;/h8,20-23,31H,9-18H2,1-7H3,(H,32,33);1H2/t20?,21?,22?,23?,27-,28+,29+,30-;/m0./s1. The molecule has 0 amide bonds. The summed E-state index contributed by atoms with van der Waals surface area (Å²) in [6.07, 6.45) is 12.6. The molecule has 34 heavy (non-hydrogen) atoms. The van der Waals surface area contributed by atoms with Crippen LogP contribution in [0.5, 0.6) is 0 Å². The summed E-state index contributed by atoms with van der Waals surface area (Å²) in [7, 11) is 0. The van der Waals surface area contributed by atoms with Gasteiger partial charge < -0.3 is 15.7 Å². The van der Waals surface area contributed by atoms with Gasteiger partial charge in [-0.05, 0) is 109 Å². The minimum Gasteiger partial charge on any atom is -0.481 e. The van der Waals surface area contributed by atoms with Gasteiger partial charge in [0.15, 0.2) is 0 Å². The molecule has 4 nitrogen and oxygen atoms in total. The third kappa shape index (κ3) is 3.06. The molecule has 0 bridgehead atoms. The predicted octanol–water partition coefficient (Wildman–Crippen LogP) is 6.41. The first-order valence-corrected chi connectivity index (χ1v) is 13.8. The molecule has 0 saturated heterocycles. The van der Waals surface area contributed by atoms with Gasteiger partial charge in [-0.2, -0.15) is 0 Å². The zero-order chi connectivity index (χ0) is 24.2. The number of aliphatic hydroxyl groups is 1. The van der Waals surface area contributed by atoms with E-state index in [9.17, 15) is 15.0 Å². The fraction of sp³-hybridized carbons (Fsp3) is 0.900. The molecule has 4 fully saturated rings. The average molecular weight is 475 g/mol. The molecule has 194 valence electrons. The number of carboxylic acids is 1. The fourth-order valence-corrected chi connectivity index (χ4v) is 10.6. The Morgan fingerprint density at radius 3 is 2.18 bits per heavy atom. The Labute approximate surface area is 207 Å². The third-order valence-corrected chi connectivity index (χ3v) is 13.0. The van der Waals surface area contributed by atoms with Crippen molar-refractivity contribution in [2.75, 3.05) is 0 Å². The van der Waals surface area contributed by atoms with Crippen LogP contribution in [0.15, 0.2) is 11.6 Å². The maximum Gasteiger partial charge on any atom is 0.310 e. The zero-order valence-electron chi connectivity index (χ0n) is 22.8. The van der Waals surface area contributed by atoms with Gasteiger partial charge in [-0.25, -0.2) is 0 Å². The summed E-state index contributed by atoms with van der Waals surface area (Å²) in [4.78, 5) is 12.8. The highest BCUT2D eigenvalue weighted by Crippen LogP contribution is 2.75. The molecular weight excluding hydrogens is 424 g/mol. The zero-order valence-corrected chi connectivity index (χ0v) is 22.8. The molecule has 0 aliphatic heterocycles. The maximum absolute atomic E-state index is 12.8. The van der Waals surface area contributed by atoms with Crippen molar-refractivity contribution in [3.05, 3.63) is 11.6 Å².